The molecule has 3 rings (SSSR count). The summed E-state index contributed by atoms with van der Waals surface area (Å²) in [6.45, 7) is 0. The van der Waals surface area contributed by atoms with Crippen molar-refractivity contribution >= 4 is 23.5 Å². The third-order valence-corrected chi connectivity index (χ3v) is 2.96. The summed E-state index contributed by atoms with van der Waals surface area (Å²) in [5.74, 6) is 0. The van der Waals surface area contributed by atoms with Crippen molar-refractivity contribution < 1.29 is 9.59 Å². The van der Waals surface area contributed by atoms with Crippen LogP contribution < -0.4 is 0 Å². The molecule has 18 heavy (non-hydrogen) atoms. The minimum atomic E-state index is 0.545. The Morgan fingerprint density at radius 1 is 0.722 bits per heavy atom. The highest BCUT2D eigenvalue weighted by molar-refractivity contribution is 6.11. The van der Waals surface area contributed by atoms with Gasteiger partial charge in [-0.15, -0.1) is 0 Å². The Kier molecular flexibility index (Phi) is 2.24. The Balaban J connectivity index is 2.34. The molecular weight excluding hydrogens is 228 g/mol. The Labute approximate surface area is 102 Å². The lowest BCUT2D eigenvalue weighted by atomic mass is 9.78. The van der Waals surface area contributed by atoms with Gasteiger partial charge >= 0.3 is 0 Å². The SMILES string of the molecule is O=C=Nc1ccc(N=C=O)c2c1-c1ccccc1-2. The third-order valence-electron chi connectivity index (χ3n) is 2.96. The first kappa shape index (κ1) is 10.4. The second kappa shape index (κ2) is 3.90. The average Bonchev–Trinajstić information content (AvgIpc) is 2.37. The van der Waals surface area contributed by atoms with Crippen LogP contribution in [0.2, 0.25) is 0 Å². The summed E-state index contributed by atoms with van der Waals surface area (Å²) in [6.07, 6.45) is 3.07. The van der Waals surface area contributed by atoms with E-state index in [1.54, 1.807) is 12.1 Å². The minimum Gasteiger partial charge on any atom is -0.211 e. The predicted octanol–water partition coefficient (Wildman–Crippen LogP) is 3.27. The van der Waals surface area contributed by atoms with Crippen molar-refractivity contribution in [2.45, 2.75) is 0 Å². The van der Waals surface area contributed by atoms with Crippen LogP contribution in [0.1, 0.15) is 0 Å². The molecule has 0 heterocycles. The number of rotatable bonds is 2. The van der Waals surface area contributed by atoms with Crippen molar-refractivity contribution in [2.75, 3.05) is 0 Å². The first-order valence-electron chi connectivity index (χ1n) is 5.29. The van der Waals surface area contributed by atoms with E-state index in [0.29, 0.717) is 11.4 Å². The number of isocyanates is 2. The van der Waals surface area contributed by atoms with Crippen LogP contribution in [0.5, 0.6) is 0 Å². The molecule has 0 bridgehead atoms. The summed E-state index contributed by atoms with van der Waals surface area (Å²) in [4.78, 5) is 28.2. The molecule has 84 valence electrons. The zero-order valence-corrected chi connectivity index (χ0v) is 9.18. The van der Waals surface area contributed by atoms with Crippen LogP contribution in [0.4, 0.5) is 11.4 Å². The van der Waals surface area contributed by atoms with Gasteiger partial charge in [0.25, 0.3) is 0 Å². The van der Waals surface area contributed by atoms with Gasteiger partial charge in [0.1, 0.15) is 0 Å². The van der Waals surface area contributed by atoms with Crippen molar-refractivity contribution in [2.24, 2.45) is 9.98 Å². The third kappa shape index (κ3) is 1.28. The highest BCUT2D eigenvalue weighted by atomic mass is 16.1. The van der Waals surface area contributed by atoms with E-state index in [4.69, 9.17) is 0 Å². The highest BCUT2D eigenvalue weighted by Gasteiger charge is 2.28. The Morgan fingerprint density at radius 3 is 1.56 bits per heavy atom. The maximum Gasteiger partial charge on any atom is 0.240 e. The topological polar surface area (TPSA) is 58.9 Å². The molecule has 0 spiro atoms. The quantitative estimate of drug-likeness (QED) is 0.504. The molecule has 4 nitrogen and oxygen atoms in total. The number of hydrogen-bond donors (Lipinski definition) is 0. The number of fused-ring (bicyclic) bond motifs is 4. The molecule has 0 unspecified atom stereocenters. The van der Waals surface area contributed by atoms with E-state index in [0.717, 1.165) is 22.3 Å². The summed E-state index contributed by atoms with van der Waals surface area (Å²) in [6, 6.07) is 11.0. The molecule has 4 heteroatoms. The lowest BCUT2D eigenvalue weighted by molar-refractivity contribution is 0.564. The fourth-order valence-electron chi connectivity index (χ4n) is 2.27. The molecule has 0 aliphatic heterocycles. The van der Waals surface area contributed by atoms with Crippen LogP contribution in [0.25, 0.3) is 22.3 Å². The second-order valence-electron chi connectivity index (χ2n) is 3.81. The number of aliphatic imine (C=N–C) groups is 2. The van der Waals surface area contributed by atoms with E-state index >= 15 is 0 Å². The first-order valence-corrected chi connectivity index (χ1v) is 5.29. The second-order valence-corrected chi connectivity index (χ2v) is 3.81. The fourth-order valence-corrected chi connectivity index (χ4v) is 2.27. The smallest absolute Gasteiger partial charge is 0.211 e. The average molecular weight is 234 g/mol. The Hall–Kier alpha value is -2.80. The molecule has 2 aromatic carbocycles. The van der Waals surface area contributed by atoms with Crippen LogP contribution in [-0.4, -0.2) is 12.2 Å². The number of hydrogen-bond acceptors (Lipinski definition) is 4. The zero-order valence-electron chi connectivity index (χ0n) is 9.18. The number of carbonyl (C=O) groups excluding carboxylic acids is 2. The molecule has 0 saturated heterocycles. The van der Waals surface area contributed by atoms with Crippen molar-refractivity contribution in [1.29, 1.82) is 0 Å². The molecule has 0 fully saturated rings. The Morgan fingerprint density at radius 2 is 1.17 bits per heavy atom. The standard InChI is InChI=1S/C14H6N2O2/c17-7-15-11-5-6-12(16-8-18)14-10-4-2-1-3-9(10)13(11)14/h1-6H. The largest absolute Gasteiger partial charge is 0.240 e. The molecule has 0 N–H and O–H groups in total. The molecule has 2 aromatic rings. The lowest BCUT2D eigenvalue weighted by Crippen LogP contribution is -1.99. The van der Waals surface area contributed by atoms with Crippen molar-refractivity contribution in [3.05, 3.63) is 36.4 Å². The predicted molar refractivity (Wildman–Crippen MR) is 66.4 cm³/mol. The monoisotopic (exact) mass is 234 g/mol. The maximum absolute atomic E-state index is 10.4. The van der Waals surface area contributed by atoms with Gasteiger partial charge in [-0.05, 0) is 23.3 Å². The summed E-state index contributed by atoms with van der Waals surface area (Å²) in [5.41, 5.74) is 4.77. The number of benzene rings is 2. The lowest BCUT2D eigenvalue weighted by Gasteiger charge is -2.25. The van der Waals surface area contributed by atoms with Crippen molar-refractivity contribution in [3.8, 4) is 22.3 Å². The van der Waals surface area contributed by atoms with E-state index in [2.05, 4.69) is 9.98 Å². The molecule has 0 aromatic heterocycles. The Bertz CT molecular complexity index is 688. The summed E-state index contributed by atoms with van der Waals surface area (Å²) >= 11 is 0. The van der Waals surface area contributed by atoms with Crippen molar-refractivity contribution in [3.63, 3.8) is 0 Å². The highest BCUT2D eigenvalue weighted by Crippen LogP contribution is 2.55. The molecule has 1 aliphatic carbocycles. The van der Waals surface area contributed by atoms with Gasteiger partial charge in [-0.3, -0.25) is 0 Å². The maximum atomic E-state index is 10.4. The summed E-state index contributed by atoms with van der Waals surface area (Å²) in [5, 5.41) is 0. The van der Waals surface area contributed by atoms with Gasteiger partial charge in [-0.1, -0.05) is 24.3 Å². The van der Waals surface area contributed by atoms with Gasteiger partial charge in [0.15, 0.2) is 0 Å². The van der Waals surface area contributed by atoms with Crippen molar-refractivity contribution in [1.82, 2.24) is 0 Å². The van der Waals surface area contributed by atoms with Gasteiger partial charge in [-0.2, -0.15) is 9.98 Å². The van der Waals surface area contributed by atoms with Crippen LogP contribution in [0, 0.1) is 0 Å². The fraction of sp³-hybridized carbons (Fsp3) is 0. The molecule has 0 amide bonds. The van der Waals surface area contributed by atoms with Crippen LogP contribution in [0.15, 0.2) is 46.4 Å². The minimum absolute atomic E-state index is 0.545. The summed E-state index contributed by atoms with van der Waals surface area (Å²) < 4.78 is 0. The van der Waals surface area contributed by atoms with E-state index in [1.807, 2.05) is 24.3 Å². The van der Waals surface area contributed by atoms with Crippen LogP contribution >= 0.6 is 0 Å². The van der Waals surface area contributed by atoms with E-state index in [1.165, 1.54) is 12.2 Å². The van der Waals surface area contributed by atoms with Gasteiger partial charge in [-0.25, -0.2) is 9.59 Å². The van der Waals surface area contributed by atoms with Gasteiger partial charge < -0.3 is 0 Å². The normalized spacial score (nSPS) is 10.2. The van der Waals surface area contributed by atoms with E-state index < -0.39 is 0 Å². The molecule has 0 saturated carbocycles. The van der Waals surface area contributed by atoms with Crippen LogP contribution in [0.3, 0.4) is 0 Å². The van der Waals surface area contributed by atoms with E-state index in [-0.39, 0.29) is 0 Å². The summed E-state index contributed by atoms with van der Waals surface area (Å²) in [7, 11) is 0. The van der Waals surface area contributed by atoms with Gasteiger partial charge in [0.05, 0.1) is 11.4 Å². The van der Waals surface area contributed by atoms with Gasteiger partial charge in [0.2, 0.25) is 12.2 Å². The number of nitrogens with zero attached hydrogens (tertiary/aromatic N) is 2. The first-order chi connectivity index (χ1) is 8.86. The van der Waals surface area contributed by atoms with E-state index in [9.17, 15) is 9.59 Å². The van der Waals surface area contributed by atoms with Gasteiger partial charge in [0, 0.05) is 11.1 Å². The molecule has 0 radical (unpaired) electrons. The zero-order chi connectivity index (χ0) is 12.5. The molecular formula is C14H6N2O2. The van der Waals surface area contributed by atoms with Crippen LogP contribution in [-0.2, 0) is 9.59 Å². The molecule has 0 atom stereocenters. The molecule has 1 aliphatic rings.